The van der Waals surface area contributed by atoms with Crippen LogP contribution in [0, 0.1) is 5.41 Å². The maximum atomic E-state index is 8.08. The summed E-state index contributed by atoms with van der Waals surface area (Å²) in [4.78, 5) is 0. The smallest absolute Gasteiger partial charge is 0.193 e. The molecule has 2 aromatic rings. The highest BCUT2D eigenvalue weighted by Gasteiger charge is 2.22. The fourth-order valence-corrected chi connectivity index (χ4v) is 3.34. The van der Waals surface area contributed by atoms with Gasteiger partial charge in [-0.2, -0.15) is 0 Å². The van der Waals surface area contributed by atoms with Crippen LogP contribution in [-0.4, -0.2) is 12.0 Å². The zero-order chi connectivity index (χ0) is 16.1. The van der Waals surface area contributed by atoms with Gasteiger partial charge in [0.2, 0.25) is 0 Å². The van der Waals surface area contributed by atoms with E-state index in [1.165, 1.54) is 18.4 Å². The molecule has 1 aliphatic carbocycles. The van der Waals surface area contributed by atoms with E-state index in [1.54, 1.807) is 0 Å². The number of guanidine groups is 1. The molecule has 3 N–H and O–H groups in total. The average Bonchev–Trinajstić information content (AvgIpc) is 2.58. The molecule has 0 aliphatic heterocycles. The lowest BCUT2D eigenvalue weighted by atomic mass is 9.82. The Bertz CT molecular complexity index is 631. The zero-order valence-electron chi connectivity index (χ0n) is 13.1. The van der Waals surface area contributed by atoms with Crippen molar-refractivity contribution in [3.05, 3.63) is 65.2 Å². The number of benzene rings is 2. The molecule has 1 saturated carbocycles. The van der Waals surface area contributed by atoms with Gasteiger partial charge in [-0.25, -0.2) is 0 Å². The summed E-state index contributed by atoms with van der Waals surface area (Å²) < 4.78 is 0. The standard InChI is InChI=1S/C19H22ClN3/c20-16-8-12-18(13-9-16)23-19(21)22-17-10-6-15(7-11-17)14-4-2-1-3-5-14/h1-5,8-9,12-13,15,17H,6-7,10-11H2,(H3,21,22,23). The molecule has 0 heterocycles. The van der Waals surface area contributed by atoms with Gasteiger partial charge in [-0.05, 0) is 61.4 Å². The van der Waals surface area contributed by atoms with Gasteiger partial charge in [0.25, 0.3) is 0 Å². The van der Waals surface area contributed by atoms with Crippen LogP contribution in [0.15, 0.2) is 54.6 Å². The van der Waals surface area contributed by atoms with Crippen LogP contribution in [0.25, 0.3) is 0 Å². The summed E-state index contributed by atoms with van der Waals surface area (Å²) in [7, 11) is 0. The molecule has 23 heavy (non-hydrogen) atoms. The third-order valence-electron chi connectivity index (χ3n) is 4.46. The third kappa shape index (κ3) is 4.49. The van der Waals surface area contributed by atoms with E-state index in [1.807, 2.05) is 24.3 Å². The maximum Gasteiger partial charge on any atom is 0.193 e. The van der Waals surface area contributed by atoms with E-state index in [2.05, 4.69) is 41.0 Å². The van der Waals surface area contributed by atoms with Gasteiger partial charge in [-0.3, -0.25) is 5.41 Å². The van der Waals surface area contributed by atoms with Gasteiger partial charge in [0, 0.05) is 16.8 Å². The molecular weight excluding hydrogens is 306 g/mol. The Hall–Kier alpha value is -2.00. The normalized spacial score (nSPS) is 20.7. The molecule has 0 unspecified atom stereocenters. The quantitative estimate of drug-likeness (QED) is 0.548. The van der Waals surface area contributed by atoms with Gasteiger partial charge < -0.3 is 10.6 Å². The topological polar surface area (TPSA) is 47.9 Å². The van der Waals surface area contributed by atoms with Crippen LogP contribution >= 0.6 is 11.6 Å². The fourth-order valence-electron chi connectivity index (χ4n) is 3.21. The summed E-state index contributed by atoms with van der Waals surface area (Å²) in [5, 5.41) is 15.1. The Kier molecular flexibility index (Phi) is 5.19. The summed E-state index contributed by atoms with van der Waals surface area (Å²) in [6, 6.07) is 18.5. The van der Waals surface area contributed by atoms with Crippen LogP contribution in [0.4, 0.5) is 5.69 Å². The SMILES string of the molecule is N=C(Nc1ccc(Cl)cc1)NC1CCC(c2ccccc2)CC1. The van der Waals surface area contributed by atoms with Gasteiger partial charge in [0.15, 0.2) is 5.96 Å². The molecule has 4 heteroatoms. The molecule has 120 valence electrons. The van der Waals surface area contributed by atoms with Gasteiger partial charge in [0.1, 0.15) is 0 Å². The van der Waals surface area contributed by atoms with Crippen LogP contribution in [0.1, 0.15) is 37.2 Å². The number of hydrogen-bond donors (Lipinski definition) is 3. The molecule has 0 saturated heterocycles. The minimum atomic E-state index is 0.357. The van der Waals surface area contributed by atoms with Gasteiger partial charge in [0.05, 0.1) is 0 Å². The van der Waals surface area contributed by atoms with Crippen molar-refractivity contribution < 1.29 is 0 Å². The van der Waals surface area contributed by atoms with Crippen molar-refractivity contribution >= 4 is 23.2 Å². The van der Waals surface area contributed by atoms with Crippen LogP contribution in [-0.2, 0) is 0 Å². The molecule has 0 atom stereocenters. The van der Waals surface area contributed by atoms with E-state index in [4.69, 9.17) is 17.0 Å². The second kappa shape index (κ2) is 7.51. The average molecular weight is 328 g/mol. The van der Waals surface area contributed by atoms with Crippen molar-refractivity contribution in [3.63, 3.8) is 0 Å². The molecule has 0 spiro atoms. The highest BCUT2D eigenvalue weighted by Crippen LogP contribution is 2.32. The number of halogens is 1. The molecule has 0 aromatic heterocycles. The minimum Gasteiger partial charge on any atom is -0.354 e. The largest absolute Gasteiger partial charge is 0.354 e. The van der Waals surface area contributed by atoms with E-state index in [-0.39, 0.29) is 0 Å². The highest BCUT2D eigenvalue weighted by atomic mass is 35.5. The van der Waals surface area contributed by atoms with Crippen LogP contribution in [0.5, 0.6) is 0 Å². The van der Waals surface area contributed by atoms with E-state index < -0.39 is 0 Å². The van der Waals surface area contributed by atoms with E-state index in [9.17, 15) is 0 Å². The van der Waals surface area contributed by atoms with Crippen molar-refractivity contribution in [2.24, 2.45) is 0 Å². The van der Waals surface area contributed by atoms with Crippen molar-refractivity contribution in [2.45, 2.75) is 37.6 Å². The molecule has 1 aliphatic rings. The highest BCUT2D eigenvalue weighted by molar-refractivity contribution is 6.30. The van der Waals surface area contributed by atoms with E-state index >= 15 is 0 Å². The first-order valence-electron chi connectivity index (χ1n) is 8.13. The lowest BCUT2D eigenvalue weighted by Gasteiger charge is -2.30. The van der Waals surface area contributed by atoms with Crippen molar-refractivity contribution in [1.82, 2.24) is 5.32 Å². The molecular formula is C19H22ClN3. The molecule has 3 nitrogen and oxygen atoms in total. The van der Waals surface area contributed by atoms with Gasteiger partial charge >= 0.3 is 0 Å². The third-order valence-corrected chi connectivity index (χ3v) is 4.71. The van der Waals surface area contributed by atoms with Gasteiger partial charge in [-0.1, -0.05) is 41.9 Å². The zero-order valence-corrected chi connectivity index (χ0v) is 13.8. The number of nitrogens with one attached hydrogen (secondary N) is 3. The van der Waals surface area contributed by atoms with Gasteiger partial charge in [-0.15, -0.1) is 0 Å². The summed E-state index contributed by atoms with van der Waals surface area (Å²) in [5.74, 6) is 1.02. The first-order chi connectivity index (χ1) is 11.2. The summed E-state index contributed by atoms with van der Waals surface area (Å²) in [6.07, 6.45) is 4.56. The molecule has 2 aromatic carbocycles. The van der Waals surface area contributed by atoms with Crippen molar-refractivity contribution in [1.29, 1.82) is 5.41 Å². The molecule has 3 rings (SSSR count). The van der Waals surface area contributed by atoms with E-state index in [0.29, 0.717) is 22.9 Å². The lowest BCUT2D eigenvalue weighted by Crippen LogP contribution is -2.40. The number of anilines is 1. The lowest BCUT2D eigenvalue weighted by molar-refractivity contribution is 0.373. The Balaban J connectivity index is 1.47. The molecule has 1 fully saturated rings. The maximum absolute atomic E-state index is 8.08. The first kappa shape index (κ1) is 15.9. The Morgan fingerprint density at radius 2 is 1.57 bits per heavy atom. The molecule has 0 bridgehead atoms. The Morgan fingerprint density at radius 3 is 2.22 bits per heavy atom. The summed E-state index contributed by atoms with van der Waals surface area (Å²) in [5.41, 5.74) is 2.32. The summed E-state index contributed by atoms with van der Waals surface area (Å²) in [6.45, 7) is 0. The number of hydrogen-bond acceptors (Lipinski definition) is 1. The van der Waals surface area contributed by atoms with Crippen molar-refractivity contribution in [3.8, 4) is 0 Å². The predicted octanol–water partition coefficient (Wildman–Crippen LogP) is 5.00. The monoisotopic (exact) mass is 327 g/mol. The number of rotatable bonds is 3. The van der Waals surface area contributed by atoms with E-state index in [0.717, 1.165) is 18.5 Å². The molecule has 0 radical (unpaired) electrons. The van der Waals surface area contributed by atoms with Crippen LogP contribution in [0.3, 0.4) is 0 Å². The Morgan fingerprint density at radius 1 is 0.913 bits per heavy atom. The first-order valence-corrected chi connectivity index (χ1v) is 8.51. The second-order valence-corrected chi connectivity index (χ2v) is 6.55. The van der Waals surface area contributed by atoms with Crippen molar-refractivity contribution in [2.75, 3.05) is 5.32 Å². The predicted molar refractivity (Wildman–Crippen MR) is 97.4 cm³/mol. The minimum absolute atomic E-state index is 0.357. The second-order valence-electron chi connectivity index (χ2n) is 6.11. The summed E-state index contributed by atoms with van der Waals surface area (Å²) >= 11 is 5.87. The van der Waals surface area contributed by atoms with Crippen LogP contribution in [0.2, 0.25) is 5.02 Å². The molecule has 0 amide bonds. The Labute approximate surface area is 142 Å². The van der Waals surface area contributed by atoms with Crippen LogP contribution < -0.4 is 10.6 Å². The fraction of sp³-hybridized carbons (Fsp3) is 0.316.